The highest BCUT2D eigenvalue weighted by molar-refractivity contribution is 7.13. The fourth-order valence-electron chi connectivity index (χ4n) is 4.95. The van der Waals surface area contributed by atoms with E-state index in [1.165, 1.54) is 11.3 Å². The highest BCUT2D eigenvalue weighted by atomic mass is 32.1. The Balaban J connectivity index is 1.48. The van der Waals surface area contributed by atoms with Gasteiger partial charge in [-0.3, -0.25) is 4.79 Å². The number of anilines is 1. The van der Waals surface area contributed by atoms with Crippen molar-refractivity contribution in [3.05, 3.63) is 51.7 Å². The highest BCUT2D eigenvalue weighted by Gasteiger charge is 2.32. The molecule has 0 spiro atoms. The number of aliphatic hydroxyl groups is 4. The minimum atomic E-state index is -1.37. The van der Waals surface area contributed by atoms with E-state index in [-0.39, 0.29) is 18.4 Å². The van der Waals surface area contributed by atoms with Gasteiger partial charge < -0.3 is 30.1 Å². The van der Waals surface area contributed by atoms with Crippen molar-refractivity contribution in [2.24, 2.45) is 0 Å². The zero-order valence-corrected chi connectivity index (χ0v) is 23.8. The molecule has 1 aromatic carbocycles. The van der Waals surface area contributed by atoms with E-state index in [9.17, 15) is 30.0 Å². The Morgan fingerprint density at radius 2 is 1.77 bits per heavy atom. The molecule has 0 unspecified atom stereocenters. The molecule has 9 heteroatoms. The maximum Gasteiger partial charge on any atom is 0.348 e. The lowest BCUT2D eigenvalue weighted by atomic mass is 10.0. The Morgan fingerprint density at radius 3 is 2.46 bits per heavy atom. The van der Waals surface area contributed by atoms with Crippen LogP contribution in [-0.4, -0.2) is 63.3 Å². The van der Waals surface area contributed by atoms with Crippen LogP contribution in [0.5, 0.6) is 0 Å². The number of amides is 1. The van der Waals surface area contributed by atoms with Gasteiger partial charge in [0.2, 0.25) is 5.91 Å². The second kappa shape index (κ2) is 15.5. The molecule has 1 saturated heterocycles. The molecule has 1 fully saturated rings. The average Bonchev–Trinajstić information content (AvgIpc) is 3.57. The summed E-state index contributed by atoms with van der Waals surface area (Å²) >= 11 is 1.33. The van der Waals surface area contributed by atoms with Gasteiger partial charge in [0, 0.05) is 23.0 Å². The zero-order chi connectivity index (χ0) is 28.4. The molecule has 0 bridgehead atoms. The summed E-state index contributed by atoms with van der Waals surface area (Å²) in [5.41, 5.74) is 1.75. The topological polar surface area (TPSA) is 128 Å². The summed E-state index contributed by atoms with van der Waals surface area (Å²) in [4.78, 5) is 28.4. The third-order valence-electron chi connectivity index (χ3n) is 7.38. The quantitative estimate of drug-likeness (QED) is 0.175. The van der Waals surface area contributed by atoms with Crippen LogP contribution in [0.1, 0.15) is 97.9 Å². The molecule has 1 aliphatic heterocycles. The van der Waals surface area contributed by atoms with Gasteiger partial charge in [-0.2, -0.15) is 0 Å². The van der Waals surface area contributed by atoms with Gasteiger partial charge in [-0.15, -0.1) is 11.3 Å². The van der Waals surface area contributed by atoms with Gasteiger partial charge in [-0.25, -0.2) is 4.79 Å². The van der Waals surface area contributed by atoms with Crippen molar-refractivity contribution >= 4 is 28.9 Å². The molecule has 0 saturated carbocycles. The minimum absolute atomic E-state index is 0.119. The van der Waals surface area contributed by atoms with Crippen LogP contribution in [-0.2, 0) is 16.0 Å². The van der Waals surface area contributed by atoms with Crippen LogP contribution in [0.15, 0.2) is 36.4 Å². The number of aryl methyl sites for hydroxylation is 1. The Kier molecular flexibility index (Phi) is 12.4. The monoisotopic (exact) mass is 561 g/mol. The van der Waals surface area contributed by atoms with Crippen LogP contribution in [0.2, 0.25) is 0 Å². The second-order valence-electron chi connectivity index (χ2n) is 10.3. The van der Waals surface area contributed by atoms with E-state index < -0.39 is 37.0 Å². The van der Waals surface area contributed by atoms with E-state index in [1.54, 1.807) is 13.0 Å². The number of nitrogens with zero attached hydrogens (tertiary/aromatic N) is 1. The number of hydrogen-bond acceptors (Lipinski definition) is 8. The summed E-state index contributed by atoms with van der Waals surface area (Å²) in [5.74, 6) is -0.453. The predicted octanol–water partition coefficient (Wildman–Crippen LogP) is 4.53. The van der Waals surface area contributed by atoms with Crippen LogP contribution in [0.4, 0.5) is 5.69 Å². The van der Waals surface area contributed by atoms with Crippen LogP contribution in [0.3, 0.4) is 0 Å². The van der Waals surface area contributed by atoms with Crippen LogP contribution in [0, 0.1) is 0 Å². The Hall–Kier alpha value is -2.30. The molecule has 8 nitrogen and oxygen atoms in total. The van der Waals surface area contributed by atoms with E-state index in [2.05, 4.69) is 6.92 Å². The molecule has 0 radical (unpaired) electrons. The molecule has 39 heavy (non-hydrogen) atoms. The minimum Gasteiger partial charge on any atom is -0.459 e. The summed E-state index contributed by atoms with van der Waals surface area (Å²) in [6.07, 6.45) is 3.77. The third-order valence-corrected chi connectivity index (χ3v) is 8.50. The lowest BCUT2D eigenvalue weighted by Gasteiger charge is -2.25. The number of unbranched alkanes of at least 4 members (excludes halogenated alkanes) is 2. The Labute approximate surface area is 235 Å². The molecule has 2 aromatic rings. The van der Waals surface area contributed by atoms with Crippen molar-refractivity contribution in [1.82, 2.24) is 0 Å². The first-order valence-electron chi connectivity index (χ1n) is 14.1. The van der Waals surface area contributed by atoms with Crippen molar-refractivity contribution in [3.63, 3.8) is 0 Å². The molecule has 1 aromatic heterocycles. The van der Waals surface area contributed by atoms with Gasteiger partial charge in [0.15, 0.2) is 0 Å². The number of carbonyl (C=O) groups excluding carboxylic acids is 2. The van der Waals surface area contributed by atoms with Gasteiger partial charge >= 0.3 is 5.97 Å². The number of carbonyl (C=O) groups is 2. The molecule has 3 rings (SSSR count). The Bertz CT molecular complexity index is 1040. The number of benzene rings is 1. The first kappa shape index (κ1) is 31.2. The van der Waals surface area contributed by atoms with Crippen molar-refractivity contribution < 1.29 is 34.8 Å². The number of hydrogen-bond donors (Lipinski definition) is 4. The number of thiophene rings is 1. The fourth-order valence-corrected chi connectivity index (χ4v) is 5.89. The maximum atomic E-state index is 12.7. The van der Waals surface area contributed by atoms with Crippen molar-refractivity contribution in [3.8, 4) is 0 Å². The summed E-state index contributed by atoms with van der Waals surface area (Å²) < 4.78 is 5.12. The number of ether oxygens (including phenoxy) is 1. The fraction of sp³-hybridized carbons (Fsp3) is 0.600. The standard InChI is InChI=1S/C30H43NO7S/c1-3-5-6-10-25(33)20-11-13-22(14-12-20)31-21(15-18-28(31)35)8-7-9-23-16-17-27(39-23)30(37)38-19-26(34)29(36)24(32)4-2/h11-14,16-17,21,24-26,29,32-34,36H,3-10,15,18-19H2,1-2H3/t21-,24+,25-,26+,29-/m0/s1. The van der Waals surface area contributed by atoms with E-state index in [1.807, 2.05) is 35.2 Å². The van der Waals surface area contributed by atoms with Gasteiger partial charge in [0.05, 0.1) is 12.2 Å². The van der Waals surface area contributed by atoms with Crippen LogP contribution >= 0.6 is 11.3 Å². The SMILES string of the molecule is CCCCC[C@H](O)c1ccc(N2C(=O)CC[C@@H]2CCCc2ccc(C(=O)OC[C@@H](O)[C@@H](O)[C@H](O)CC)s2)cc1. The zero-order valence-electron chi connectivity index (χ0n) is 23.0. The Morgan fingerprint density at radius 1 is 1.03 bits per heavy atom. The van der Waals surface area contributed by atoms with Crippen molar-refractivity contribution in [2.45, 2.75) is 109 Å². The van der Waals surface area contributed by atoms with E-state index in [0.29, 0.717) is 11.3 Å². The van der Waals surface area contributed by atoms with Crippen molar-refractivity contribution in [2.75, 3.05) is 11.5 Å². The van der Waals surface area contributed by atoms with Gasteiger partial charge in [0.25, 0.3) is 0 Å². The van der Waals surface area contributed by atoms with Crippen LogP contribution in [0.25, 0.3) is 0 Å². The molecule has 1 amide bonds. The van der Waals surface area contributed by atoms with Gasteiger partial charge in [-0.1, -0.05) is 45.2 Å². The number of esters is 1. The summed E-state index contributed by atoms with van der Waals surface area (Å²) in [7, 11) is 0. The number of rotatable bonds is 16. The van der Waals surface area contributed by atoms with Gasteiger partial charge in [-0.05, 0) is 68.4 Å². The molecular weight excluding hydrogens is 518 g/mol. The summed E-state index contributed by atoms with van der Waals surface area (Å²) in [6.45, 7) is 3.43. The molecule has 1 aliphatic rings. The average molecular weight is 562 g/mol. The smallest absolute Gasteiger partial charge is 0.348 e. The van der Waals surface area contributed by atoms with E-state index >= 15 is 0 Å². The maximum absolute atomic E-state index is 12.7. The largest absolute Gasteiger partial charge is 0.459 e. The summed E-state index contributed by atoms with van der Waals surface area (Å²) in [6, 6.07) is 11.4. The lowest BCUT2D eigenvalue weighted by Crippen LogP contribution is -2.40. The third kappa shape index (κ3) is 8.85. The second-order valence-corrected chi connectivity index (χ2v) is 11.5. The summed E-state index contributed by atoms with van der Waals surface area (Å²) in [5, 5.41) is 39.8. The molecule has 2 heterocycles. The van der Waals surface area contributed by atoms with Crippen molar-refractivity contribution in [1.29, 1.82) is 0 Å². The first-order chi connectivity index (χ1) is 18.7. The molecule has 216 valence electrons. The number of aliphatic hydroxyl groups excluding tert-OH is 4. The van der Waals surface area contributed by atoms with E-state index in [4.69, 9.17) is 4.74 Å². The lowest BCUT2D eigenvalue weighted by molar-refractivity contribution is -0.117. The molecular formula is C30H43NO7S. The van der Waals surface area contributed by atoms with Crippen LogP contribution < -0.4 is 4.90 Å². The molecule has 5 atom stereocenters. The first-order valence-corrected chi connectivity index (χ1v) is 15.0. The van der Waals surface area contributed by atoms with Gasteiger partial charge in [0.1, 0.15) is 23.7 Å². The predicted molar refractivity (Wildman–Crippen MR) is 152 cm³/mol. The normalized spacial score (nSPS) is 18.7. The molecule has 0 aliphatic carbocycles. The van der Waals surface area contributed by atoms with E-state index in [0.717, 1.165) is 67.5 Å². The highest BCUT2D eigenvalue weighted by Crippen LogP contribution is 2.31. The molecule has 4 N–H and O–H groups in total.